The first-order valence-electron chi connectivity index (χ1n) is 3.38. The van der Waals surface area contributed by atoms with Crippen molar-refractivity contribution in [3.63, 3.8) is 0 Å². The third-order valence-electron chi connectivity index (χ3n) is 1.69. The first kappa shape index (κ1) is 9.61. The van der Waals surface area contributed by atoms with E-state index in [0.717, 1.165) is 5.69 Å². The summed E-state index contributed by atoms with van der Waals surface area (Å²) in [5, 5.41) is 2.70. The Bertz CT molecular complexity index is 391. The van der Waals surface area contributed by atoms with Gasteiger partial charge in [0.15, 0.2) is 0 Å². The number of pyridine rings is 1. The Kier molecular flexibility index (Phi) is 2.24. The average molecular weight is 371 g/mol. The summed E-state index contributed by atoms with van der Waals surface area (Å²) in [4.78, 5) is 15.6. The summed E-state index contributed by atoms with van der Waals surface area (Å²) in [5.41, 5.74) is 1.37. The summed E-state index contributed by atoms with van der Waals surface area (Å²) in [6, 6.07) is 3.58. The van der Waals surface area contributed by atoms with Gasteiger partial charge in [0, 0.05) is 0 Å². The Morgan fingerprint density at radius 3 is 2.77 bits per heavy atom. The lowest BCUT2D eigenvalue weighted by Crippen LogP contribution is -2.20. The molecule has 13 heavy (non-hydrogen) atoms. The highest BCUT2D eigenvalue weighted by Gasteiger charge is 2.44. The largest absolute Gasteiger partial charge is 0.322 e. The Hall–Kier alpha value is 0.0600. The van der Waals surface area contributed by atoms with Crippen LogP contribution in [0.2, 0.25) is 0 Å². The molecule has 0 spiro atoms. The number of halogens is 3. The summed E-state index contributed by atoms with van der Waals surface area (Å²) in [6.45, 7) is 0. The lowest BCUT2D eigenvalue weighted by atomic mass is 10.3. The van der Waals surface area contributed by atoms with E-state index in [0.29, 0.717) is 10.3 Å². The van der Waals surface area contributed by atoms with Crippen molar-refractivity contribution in [1.82, 2.24) is 4.98 Å². The van der Waals surface area contributed by atoms with Crippen LogP contribution in [0.15, 0.2) is 16.7 Å². The van der Waals surface area contributed by atoms with Gasteiger partial charge in [0.2, 0.25) is 3.23 Å². The Balaban J connectivity index is 2.64. The third kappa shape index (κ3) is 1.45. The highest BCUT2D eigenvalue weighted by molar-refractivity contribution is 9.25. The molecule has 0 aliphatic carbocycles. The normalized spacial score (nSPS) is 18.2. The number of fused-ring (bicyclic) bond motifs is 1. The van der Waals surface area contributed by atoms with Gasteiger partial charge in [-0.2, -0.15) is 0 Å². The minimum atomic E-state index is -0.890. The molecule has 0 aromatic carbocycles. The fourth-order valence-electron chi connectivity index (χ4n) is 1.08. The molecule has 0 unspecified atom stereocenters. The maximum Gasteiger partial charge on any atom is 0.258 e. The quantitative estimate of drug-likeness (QED) is 0.563. The number of anilines is 1. The van der Waals surface area contributed by atoms with E-state index in [9.17, 15) is 4.79 Å². The van der Waals surface area contributed by atoms with Gasteiger partial charge in [-0.25, -0.2) is 4.98 Å². The van der Waals surface area contributed by atoms with Crippen LogP contribution in [0.5, 0.6) is 0 Å². The predicted octanol–water partition coefficient (Wildman–Crippen LogP) is 2.74. The van der Waals surface area contributed by atoms with Crippen molar-refractivity contribution in [2.45, 2.75) is 3.23 Å². The first-order chi connectivity index (χ1) is 6.01. The van der Waals surface area contributed by atoms with Crippen LogP contribution in [0, 0.1) is 0 Å². The van der Waals surface area contributed by atoms with Crippen molar-refractivity contribution in [2.75, 3.05) is 5.32 Å². The van der Waals surface area contributed by atoms with Crippen LogP contribution >= 0.6 is 47.8 Å². The predicted molar refractivity (Wildman–Crippen MR) is 60.1 cm³/mol. The van der Waals surface area contributed by atoms with Crippen LogP contribution in [-0.4, -0.2) is 10.9 Å². The molecule has 0 bridgehead atoms. The van der Waals surface area contributed by atoms with Crippen LogP contribution in [0.25, 0.3) is 0 Å². The van der Waals surface area contributed by atoms with E-state index in [1.165, 1.54) is 0 Å². The Morgan fingerprint density at radius 1 is 1.38 bits per heavy atom. The van der Waals surface area contributed by atoms with Gasteiger partial charge in [0.25, 0.3) is 5.91 Å². The molecule has 2 heterocycles. The second kappa shape index (κ2) is 3.03. The van der Waals surface area contributed by atoms with Crippen molar-refractivity contribution in [3.05, 3.63) is 22.4 Å². The van der Waals surface area contributed by atoms with Crippen molar-refractivity contribution in [2.24, 2.45) is 0 Å². The van der Waals surface area contributed by atoms with Gasteiger partial charge in [0.1, 0.15) is 10.3 Å². The Morgan fingerprint density at radius 2 is 2.08 bits per heavy atom. The molecular formula is C7H3Br3N2O. The van der Waals surface area contributed by atoms with Crippen LogP contribution in [0.3, 0.4) is 0 Å². The van der Waals surface area contributed by atoms with Crippen LogP contribution < -0.4 is 5.32 Å². The zero-order valence-corrected chi connectivity index (χ0v) is 10.9. The van der Waals surface area contributed by atoms with Crippen molar-refractivity contribution < 1.29 is 4.79 Å². The average Bonchev–Trinajstić information content (AvgIpc) is 2.27. The fraction of sp³-hybridized carbons (Fsp3) is 0.143. The van der Waals surface area contributed by atoms with Gasteiger partial charge in [-0.3, -0.25) is 4.79 Å². The molecule has 0 atom stereocenters. The SMILES string of the molecule is O=C1Nc2ccc(Br)nc2C1(Br)Br. The monoisotopic (exact) mass is 368 g/mol. The molecule has 1 aliphatic rings. The molecule has 0 saturated heterocycles. The lowest BCUT2D eigenvalue weighted by molar-refractivity contribution is -0.115. The molecule has 0 radical (unpaired) electrons. The molecule has 68 valence electrons. The minimum Gasteiger partial charge on any atom is -0.322 e. The third-order valence-corrected chi connectivity index (χ3v) is 3.61. The van der Waals surface area contributed by atoms with E-state index in [2.05, 4.69) is 58.1 Å². The van der Waals surface area contributed by atoms with Crippen LogP contribution in [-0.2, 0) is 8.03 Å². The number of hydrogen-bond acceptors (Lipinski definition) is 2. The van der Waals surface area contributed by atoms with Crippen molar-refractivity contribution >= 4 is 59.4 Å². The molecule has 1 aromatic heterocycles. The number of amides is 1. The summed E-state index contributed by atoms with van der Waals surface area (Å²) in [6.07, 6.45) is 0. The second-order valence-corrected chi connectivity index (χ2v) is 6.81. The second-order valence-electron chi connectivity index (χ2n) is 2.56. The van der Waals surface area contributed by atoms with Gasteiger partial charge in [-0.15, -0.1) is 0 Å². The van der Waals surface area contributed by atoms with Gasteiger partial charge in [-0.05, 0) is 28.1 Å². The number of carbonyl (C=O) groups is 1. The highest BCUT2D eigenvalue weighted by Crippen LogP contribution is 2.46. The molecule has 1 N–H and O–H groups in total. The maximum atomic E-state index is 11.4. The summed E-state index contributed by atoms with van der Waals surface area (Å²) in [7, 11) is 0. The van der Waals surface area contributed by atoms with E-state index in [4.69, 9.17) is 0 Å². The molecule has 0 saturated carbocycles. The number of hydrogen-bond donors (Lipinski definition) is 1. The van der Waals surface area contributed by atoms with Crippen molar-refractivity contribution in [3.8, 4) is 0 Å². The van der Waals surface area contributed by atoms with Crippen LogP contribution in [0.4, 0.5) is 5.69 Å². The zero-order valence-electron chi connectivity index (χ0n) is 6.14. The molecule has 6 heteroatoms. The topological polar surface area (TPSA) is 42.0 Å². The van der Waals surface area contributed by atoms with Crippen molar-refractivity contribution in [1.29, 1.82) is 0 Å². The fourth-order valence-corrected chi connectivity index (χ4v) is 2.20. The molecule has 1 aliphatic heterocycles. The van der Waals surface area contributed by atoms with Crippen LogP contribution in [0.1, 0.15) is 5.69 Å². The smallest absolute Gasteiger partial charge is 0.258 e. The number of rotatable bonds is 0. The molecule has 3 nitrogen and oxygen atoms in total. The maximum absolute atomic E-state index is 11.4. The van der Waals surface area contributed by atoms with E-state index < -0.39 is 3.23 Å². The standard InChI is InChI=1S/C7H3Br3N2O/c8-4-2-1-3-5(12-4)7(9,10)6(13)11-3/h1-2H,(H,11,13). The molecule has 1 amide bonds. The lowest BCUT2D eigenvalue weighted by Gasteiger charge is -2.08. The van der Waals surface area contributed by atoms with Gasteiger partial charge in [-0.1, -0.05) is 31.9 Å². The van der Waals surface area contributed by atoms with E-state index >= 15 is 0 Å². The van der Waals surface area contributed by atoms with Gasteiger partial charge < -0.3 is 5.32 Å². The minimum absolute atomic E-state index is 0.159. The Labute approximate surface area is 99.7 Å². The number of aromatic nitrogens is 1. The number of carbonyl (C=O) groups excluding carboxylic acids is 1. The van der Waals surface area contributed by atoms with E-state index in [-0.39, 0.29) is 5.91 Å². The first-order valence-corrected chi connectivity index (χ1v) is 5.76. The number of nitrogens with one attached hydrogen (secondary N) is 1. The van der Waals surface area contributed by atoms with Gasteiger partial charge in [0.05, 0.1) is 5.69 Å². The van der Waals surface area contributed by atoms with E-state index in [1.807, 2.05) is 0 Å². The molecular weight excluding hydrogens is 368 g/mol. The molecule has 0 fully saturated rings. The summed E-state index contributed by atoms with van der Waals surface area (Å²) < 4.78 is -0.190. The summed E-state index contributed by atoms with van der Waals surface area (Å²) in [5.74, 6) is -0.159. The zero-order chi connectivity index (χ0) is 9.64. The molecule has 1 aromatic rings. The molecule has 2 rings (SSSR count). The number of alkyl halides is 2. The highest BCUT2D eigenvalue weighted by atomic mass is 79.9. The summed E-state index contributed by atoms with van der Waals surface area (Å²) >= 11 is 9.77. The van der Waals surface area contributed by atoms with Gasteiger partial charge >= 0.3 is 0 Å². The van der Waals surface area contributed by atoms with E-state index in [1.54, 1.807) is 12.1 Å². The number of nitrogens with zero attached hydrogens (tertiary/aromatic N) is 1.